The molecule has 0 bridgehead atoms. The third kappa shape index (κ3) is 4.21. The summed E-state index contributed by atoms with van der Waals surface area (Å²) in [6.07, 6.45) is 1.95. The number of aryl methyl sites for hydroxylation is 1. The van der Waals surface area contributed by atoms with Gasteiger partial charge in [-0.3, -0.25) is 14.8 Å². The zero-order chi connectivity index (χ0) is 23.7. The molecule has 0 fully saturated rings. The molecule has 0 radical (unpaired) electrons. The van der Waals surface area contributed by atoms with E-state index in [1.165, 1.54) is 10.2 Å². The maximum absolute atomic E-state index is 13.1. The van der Waals surface area contributed by atoms with Crippen LogP contribution in [0.15, 0.2) is 60.8 Å². The van der Waals surface area contributed by atoms with Gasteiger partial charge >= 0.3 is 0 Å². The molecule has 0 spiro atoms. The lowest BCUT2D eigenvalue weighted by Crippen LogP contribution is -2.30. The first-order valence-corrected chi connectivity index (χ1v) is 11.0. The summed E-state index contributed by atoms with van der Waals surface area (Å²) >= 11 is 0. The fourth-order valence-electron chi connectivity index (χ4n) is 4.00. The van der Waals surface area contributed by atoms with Crippen LogP contribution in [0.2, 0.25) is 0 Å². The van der Waals surface area contributed by atoms with Crippen molar-refractivity contribution in [3.8, 4) is 0 Å². The van der Waals surface area contributed by atoms with Crippen molar-refractivity contribution < 1.29 is 9.21 Å². The molecule has 0 unspecified atom stereocenters. The highest BCUT2D eigenvalue weighted by Gasteiger charge is 2.25. The summed E-state index contributed by atoms with van der Waals surface area (Å²) in [5, 5.41) is 8.36. The smallest absolute Gasteiger partial charge is 0.206 e. The largest absolute Gasteiger partial charge is 0.460 e. The van der Waals surface area contributed by atoms with E-state index in [1.807, 2.05) is 44.2 Å². The number of carbonyl (C=O) groups is 1. The molecule has 10 nitrogen and oxygen atoms in total. The summed E-state index contributed by atoms with van der Waals surface area (Å²) in [7, 11) is 0. The summed E-state index contributed by atoms with van der Waals surface area (Å²) in [6, 6.07) is 11.8. The Kier molecular flexibility index (Phi) is 5.70. The van der Waals surface area contributed by atoms with E-state index in [1.54, 1.807) is 0 Å². The number of aliphatic imine (C=N–C) groups is 4. The quantitative estimate of drug-likeness (QED) is 0.430. The van der Waals surface area contributed by atoms with Crippen LogP contribution in [0.1, 0.15) is 46.6 Å². The Morgan fingerprint density at radius 3 is 2.76 bits per heavy atom. The molecule has 10 heteroatoms. The normalized spacial score (nSPS) is 15.2. The predicted molar refractivity (Wildman–Crippen MR) is 130 cm³/mol. The van der Waals surface area contributed by atoms with E-state index in [2.05, 4.69) is 31.4 Å². The molecule has 2 N–H and O–H groups in total. The van der Waals surface area contributed by atoms with Gasteiger partial charge in [-0.25, -0.2) is 9.98 Å². The summed E-state index contributed by atoms with van der Waals surface area (Å²) in [5.41, 5.74) is 10.8. The van der Waals surface area contributed by atoms with Gasteiger partial charge in [0.05, 0.1) is 17.1 Å². The van der Waals surface area contributed by atoms with Crippen LogP contribution >= 0.6 is 0 Å². The van der Waals surface area contributed by atoms with Crippen LogP contribution < -0.4 is 5.73 Å². The molecule has 3 aromatic rings. The maximum Gasteiger partial charge on any atom is 0.206 e. The Balaban J connectivity index is 1.38. The highest BCUT2D eigenvalue weighted by atomic mass is 16.3. The first kappa shape index (κ1) is 21.6. The molecule has 0 saturated carbocycles. The van der Waals surface area contributed by atoms with Crippen LogP contribution in [0.5, 0.6) is 0 Å². The molecule has 2 aromatic heterocycles. The molecule has 172 valence electrons. The Bertz CT molecular complexity index is 1390. The van der Waals surface area contributed by atoms with Crippen LogP contribution in [0.4, 0.5) is 5.69 Å². The molecule has 5 rings (SSSR count). The van der Waals surface area contributed by atoms with Crippen molar-refractivity contribution in [2.24, 2.45) is 25.7 Å². The van der Waals surface area contributed by atoms with Crippen molar-refractivity contribution in [2.45, 2.75) is 33.1 Å². The van der Waals surface area contributed by atoms with E-state index < -0.39 is 0 Å². The molecule has 2 aliphatic rings. The van der Waals surface area contributed by atoms with E-state index >= 15 is 0 Å². The first-order valence-electron chi connectivity index (χ1n) is 11.0. The van der Waals surface area contributed by atoms with Crippen LogP contribution in [0, 0.1) is 6.92 Å². The van der Waals surface area contributed by atoms with Gasteiger partial charge in [0.15, 0.2) is 17.4 Å². The lowest BCUT2D eigenvalue weighted by Gasteiger charge is -2.08. The highest BCUT2D eigenvalue weighted by molar-refractivity contribution is 6.41. The van der Waals surface area contributed by atoms with Crippen LogP contribution in [0.25, 0.3) is 0 Å². The number of aromatic nitrogens is 3. The molecule has 1 aromatic carbocycles. The van der Waals surface area contributed by atoms with Gasteiger partial charge in [-0.05, 0) is 50.5 Å². The summed E-state index contributed by atoms with van der Waals surface area (Å²) in [5.74, 6) is 1.86. The molecule has 34 heavy (non-hydrogen) atoms. The van der Waals surface area contributed by atoms with Crippen molar-refractivity contribution >= 4 is 34.6 Å². The van der Waals surface area contributed by atoms with Crippen molar-refractivity contribution in [2.75, 3.05) is 13.2 Å². The van der Waals surface area contributed by atoms with E-state index in [0.29, 0.717) is 35.8 Å². The number of hydrogen-bond donors (Lipinski definition) is 1. The molecule has 4 heterocycles. The van der Waals surface area contributed by atoms with Crippen molar-refractivity contribution in [1.82, 2.24) is 15.0 Å². The van der Waals surface area contributed by atoms with Gasteiger partial charge in [-0.2, -0.15) is 4.68 Å². The summed E-state index contributed by atoms with van der Waals surface area (Å²) < 4.78 is 7.10. The lowest BCUT2D eigenvalue weighted by atomic mass is 10.0. The molecular weight excluding hydrogens is 432 g/mol. The van der Waals surface area contributed by atoms with Crippen LogP contribution in [-0.2, 0) is 12.8 Å². The molecule has 0 saturated heterocycles. The minimum Gasteiger partial charge on any atom is -0.460 e. The minimum absolute atomic E-state index is 0.0697. The van der Waals surface area contributed by atoms with Crippen molar-refractivity contribution in [3.05, 3.63) is 64.9 Å². The topological polar surface area (TPSA) is 136 Å². The number of benzene rings is 1. The summed E-state index contributed by atoms with van der Waals surface area (Å²) in [6.45, 7) is 3.83. The number of amidine groups is 1. The number of furan rings is 1. The fourth-order valence-corrected chi connectivity index (χ4v) is 4.00. The number of hydrogen-bond acceptors (Lipinski definition) is 9. The van der Waals surface area contributed by atoms with E-state index in [4.69, 9.17) is 15.1 Å². The number of rotatable bonds is 7. The number of ketones is 1. The minimum atomic E-state index is -0.241. The standard InChI is InChI=1S/C24H24N8O2/c1-14-7-10-21(34-14)15(2)26-12-20(33)22-19(32(31-30-22)24-23(25)27-13-28-24)9-8-17-11-16-5-3-4-6-18(16)29-17/h3-7,10H,8-9,11-13H2,1-2H3,(H2,25,27). The van der Waals surface area contributed by atoms with Gasteiger partial charge in [0.1, 0.15) is 24.7 Å². The third-order valence-corrected chi connectivity index (χ3v) is 5.79. The van der Waals surface area contributed by atoms with Gasteiger partial charge < -0.3 is 10.2 Å². The predicted octanol–water partition coefficient (Wildman–Crippen LogP) is 2.71. The molecular formula is C24H24N8O2. The van der Waals surface area contributed by atoms with Crippen LogP contribution in [0.3, 0.4) is 0 Å². The number of fused-ring (bicyclic) bond motifs is 1. The second-order valence-corrected chi connectivity index (χ2v) is 8.18. The molecule has 0 aliphatic carbocycles. The van der Waals surface area contributed by atoms with Gasteiger partial charge in [0, 0.05) is 12.1 Å². The number of carbonyl (C=O) groups excluding carboxylic acids is 1. The van der Waals surface area contributed by atoms with Crippen molar-refractivity contribution in [3.63, 3.8) is 0 Å². The number of nitrogens with zero attached hydrogens (tertiary/aromatic N) is 7. The van der Waals surface area contributed by atoms with E-state index in [-0.39, 0.29) is 30.5 Å². The summed E-state index contributed by atoms with van der Waals surface area (Å²) in [4.78, 5) is 30.7. The lowest BCUT2D eigenvalue weighted by molar-refractivity contribution is 0.0996. The van der Waals surface area contributed by atoms with E-state index in [9.17, 15) is 4.79 Å². The second-order valence-electron chi connectivity index (χ2n) is 8.18. The monoisotopic (exact) mass is 456 g/mol. The first-order chi connectivity index (χ1) is 16.5. The Morgan fingerprint density at radius 2 is 2.03 bits per heavy atom. The average Bonchev–Trinajstić information content (AvgIpc) is 3.61. The molecule has 0 amide bonds. The van der Waals surface area contributed by atoms with Gasteiger partial charge in [-0.1, -0.05) is 23.4 Å². The van der Waals surface area contributed by atoms with Crippen LogP contribution in [-0.4, -0.2) is 57.1 Å². The molecule has 2 aliphatic heterocycles. The fraction of sp³-hybridized carbons (Fsp3) is 0.292. The SMILES string of the molecule is CC(=NCC(=O)c1nnn(C2=NCN=C2N)c1CCC1=Nc2ccccc2C1)c1ccc(C)o1. The van der Waals surface area contributed by atoms with E-state index in [0.717, 1.165) is 23.6 Å². The zero-order valence-electron chi connectivity index (χ0n) is 19.0. The second kappa shape index (κ2) is 8.97. The number of para-hydroxylation sites is 1. The highest BCUT2D eigenvalue weighted by Crippen LogP contribution is 2.27. The Labute approximate surface area is 196 Å². The van der Waals surface area contributed by atoms with Crippen molar-refractivity contribution in [1.29, 1.82) is 0 Å². The Morgan fingerprint density at radius 1 is 1.18 bits per heavy atom. The van der Waals surface area contributed by atoms with Gasteiger partial charge in [0.2, 0.25) is 5.78 Å². The van der Waals surface area contributed by atoms with Gasteiger partial charge in [-0.15, -0.1) is 5.10 Å². The third-order valence-electron chi connectivity index (χ3n) is 5.79. The number of Topliss-reactive ketones (excluding diaryl/α,β-unsaturated/α-hetero) is 1. The molecule has 0 atom stereocenters. The Hall–Kier alpha value is -4.21. The van der Waals surface area contributed by atoms with Gasteiger partial charge in [0.25, 0.3) is 0 Å². The maximum atomic E-state index is 13.1. The zero-order valence-corrected chi connectivity index (χ0v) is 19.0. The average molecular weight is 457 g/mol. The number of nitrogens with two attached hydrogens (primary N) is 1.